The minimum Gasteiger partial charge on any atom is -0.326 e. The molecule has 0 amide bonds. The van der Waals surface area contributed by atoms with Gasteiger partial charge in [0.2, 0.25) is 0 Å². The first-order chi connectivity index (χ1) is 8.60. The summed E-state index contributed by atoms with van der Waals surface area (Å²) >= 11 is 7.15. The molecule has 0 atom stereocenters. The van der Waals surface area contributed by atoms with Crippen LogP contribution in [-0.4, -0.2) is 14.3 Å². The van der Waals surface area contributed by atoms with Gasteiger partial charge in [-0.1, -0.05) is 12.8 Å². The first-order valence-electron chi connectivity index (χ1n) is 6.63. The van der Waals surface area contributed by atoms with Crippen molar-refractivity contribution in [3.05, 3.63) is 20.7 Å². The first kappa shape index (κ1) is 11.3. The second-order valence-corrected chi connectivity index (χ2v) is 7.66. The molecule has 1 N–H and O–H groups in total. The van der Waals surface area contributed by atoms with Gasteiger partial charge in [0.1, 0.15) is 0 Å². The highest BCUT2D eigenvalue weighted by molar-refractivity contribution is 8.01. The number of nitrogens with zero attached hydrogens (tertiary/aromatic N) is 1. The molecule has 3 nitrogen and oxygen atoms in total. The van der Waals surface area contributed by atoms with Crippen molar-refractivity contribution in [1.82, 2.24) is 9.55 Å². The number of fused-ring (bicyclic) bond motifs is 1. The Hall–Kier alpha value is -0.550. The summed E-state index contributed by atoms with van der Waals surface area (Å²) in [6, 6.07) is 0. The van der Waals surface area contributed by atoms with E-state index in [2.05, 4.69) is 4.98 Å². The molecule has 0 aromatic carbocycles. The number of hydrogen-bond acceptors (Lipinski definition) is 3. The van der Waals surface area contributed by atoms with E-state index in [4.69, 9.17) is 12.2 Å². The Balaban J connectivity index is 2.09. The lowest BCUT2D eigenvalue weighted by Crippen LogP contribution is -2.40. The van der Waals surface area contributed by atoms with E-state index in [1.54, 1.807) is 11.6 Å². The first-order valence-corrected chi connectivity index (χ1v) is 7.85. The molecule has 2 heterocycles. The van der Waals surface area contributed by atoms with Crippen LogP contribution in [0, 0.1) is 4.77 Å². The molecule has 2 saturated carbocycles. The summed E-state index contributed by atoms with van der Waals surface area (Å²) < 4.78 is 2.47. The number of H-pyrrole nitrogens is 1. The molecule has 18 heavy (non-hydrogen) atoms. The lowest BCUT2D eigenvalue weighted by Gasteiger charge is -2.32. The molecule has 1 aromatic rings. The topological polar surface area (TPSA) is 37.8 Å². The predicted octanol–water partition coefficient (Wildman–Crippen LogP) is 2.89. The summed E-state index contributed by atoms with van der Waals surface area (Å²) in [7, 11) is 1.78. The van der Waals surface area contributed by atoms with Crippen molar-refractivity contribution >= 4 is 24.0 Å². The van der Waals surface area contributed by atoms with E-state index in [-0.39, 0.29) is 11.0 Å². The second-order valence-electron chi connectivity index (χ2n) is 5.88. The third-order valence-electron chi connectivity index (χ3n) is 5.29. The summed E-state index contributed by atoms with van der Waals surface area (Å²) in [5.74, 6) is 0. The van der Waals surface area contributed by atoms with Crippen molar-refractivity contribution < 1.29 is 0 Å². The predicted molar refractivity (Wildman–Crippen MR) is 74.8 cm³/mol. The van der Waals surface area contributed by atoms with Crippen LogP contribution in [-0.2, 0) is 12.5 Å². The highest BCUT2D eigenvalue weighted by Gasteiger charge is 2.64. The van der Waals surface area contributed by atoms with Crippen LogP contribution in [0.4, 0.5) is 0 Å². The molecule has 0 radical (unpaired) electrons. The Bertz CT molecular complexity index is 648. The van der Waals surface area contributed by atoms with Gasteiger partial charge in [-0.25, -0.2) is 0 Å². The van der Waals surface area contributed by atoms with E-state index in [1.807, 2.05) is 11.8 Å². The average Bonchev–Trinajstić information content (AvgIpc) is 2.86. The molecular formula is C13H16N2OS2. The Morgan fingerprint density at radius 2 is 1.94 bits per heavy atom. The van der Waals surface area contributed by atoms with Gasteiger partial charge in [0.05, 0.1) is 10.6 Å². The molecule has 0 saturated heterocycles. The Labute approximate surface area is 115 Å². The number of hydrogen-bond donors (Lipinski definition) is 1. The molecule has 1 aliphatic heterocycles. The van der Waals surface area contributed by atoms with E-state index < -0.39 is 0 Å². The van der Waals surface area contributed by atoms with Crippen LogP contribution in [0.15, 0.2) is 9.82 Å². The number of thioether (sulfide) groups is 1. The van der Waals surface area contributed by atoms with Crippen molar-refractivity contribution in [3.63, 3.8) is 0 Å². The minimum absolute atomic E-state index is 0.145. The van der Waals surface area contributed by atoms with Crippen LogP contribution in [0.1, 0.15) is 44.1 Å². The zero-order valence-corrected chi connectivity index (χ0v) is 12.0. The van der Waals surface area contributed by atoms with Gasteiger partial charge in [-0.15, -0.1) is 11.8 Å². The Morgan fingerprint density at radius 1 is 1.28 bits per heavy atom. The molecule has 2 aliphatic carbocycles. The maximum atomic E-state index is 12.6. The second kappa shape index (κ2) is 3.31. The summed E-state index contributed by atoms with van der Waals surface area (Å²) in [5, 5.41) is 1.07. The summed E-state index contributed by atoms with van der Waals surface area (Å²) in [4.78, 5) is 15.9. The maximum Gasteiger partial charge on any atom is 0.258 e. The fraction of sp³-hybridized carbons (Fsp3) is 0.692. The van der Waals surface area contributed by atoms with Crippen LogP contribution in [0.5, 0.6) is 0 Å². The molecule has 1 aromatic heterocycles. The molecule has 4 rings (SSSR count). The van der Waals surface area contributed by atoms with Crippen molar-refractivity contribution in [3.8, 4) is 0 Å². The zero-order valence-electron chi connectivity index (χ0n) is 10.4. The van der Waals surface area contributed by atoms with Gasteiger partial charge < -0.3 is 4.98 Å². The normalized spacial score (nSPS) is 36.5. The van der Waals surface area contributed by atoms with Crippen LogP contribution < -0.4 is 5.56 Å². The lowest BCUT2D eigenvalue weighted by atomic mass is 9.75. The lowest BCUT2D eigenvalue weighted by molar-refractivity contribution is 0.402. The van der Waals surface area contributed by atoms with Gasteiger partial charge in [0, 0.05) is 17.2 Å². The SMILES string of the molecule is Cn1c(=S)[nH]c2c(c1=O)C13CCCC1(CCC3)S2. The van der Waals surface area contributed by atoms with Gasteiger partial charge >= 0.3 is 0 Å². The average molecular weight is 280 g/mol. The summed E-state index contributed by atoms with van der Waals surface area (Å²) in [6.07, 6.45) is 7.43. The number of rotatable bonds is 0. The number of aromatic amines is 1. The van der Waals surface area contributed by atoms with E-state index in [1.165, 1.54) is 38.5 Å². The van der Waals surface area contributed by atoms with Crippen LogP contribution in [0.3, 0.4) is 0 Å². The molecular weight excluding hydrogens is 264 g/mol. The molecule has 0 spiro atoms. The highest BCUT2D eigenvalue weighted by atomic mass is 32.2. The van der Waals surface area contributed by atoms with E-state index in [9.17, 15) is 4.79 Å². The van der Waals surface area contributed by atoms with E-state index in [0.29, 0.717) is 9.52 Å². The molecule has 96 valence electrons. The number of aromatic nitrogens is 2. The molecule has 3 aliphatic rings. The third kappa shape index (κ3) is 1.05. The zero-order chi connectivity index (χ0) is 12.5. The Kier molecular flexibility index (Phi) is 2.08. The standard InChI is InChI=1S/C13H16N2OS2/c1-15-10(16)8-9(14-11(15)17)18-13-6-2-4-12(8,13)5-3-7-13/h2-7H2,1H3,(H,14,17). The smallest absolute Gasteiger partial charge is 0.258 e. The minimum atomic E-state index is 0.145. The molecule has 2 fully saturated rings. The van der Waals surface area contributed by atoms with E-state index in [0.717, 1.165) is 10.6 Å². The number of nitrogens with one attached hydrogen (secondary N) is 1. The maximum absolute atomic E-state index is 12.6. The van der Waals surface area contributed by atoms with Gasteiger partial charge in [-0.3, -0.25) is 9.36 Å². The van der Waals surface area contributed by atoms with Gasteiger partial charge in [0.15, 0.2) is 4.77 Å². The van der Waals surface area contributed by atoms with Crippen molar-refractivity contribution in [2.45, 2.75) is 53.7 Å². The summed E-state index contributed by atoms with van der Waals surface area (Å²) in [5.41, 5.74) is 1.35. The molecule has 0 unspecified atom stereocenters. The fourth-order valence-electron chi connectivity index (χ4n) is 4.51. The summed E-state index contributed by atoms with van der Waals surface area (Å²) in [6.45, 7) is 0. The van der Waals surface area contributed by atoms with Crippen molar-refractivity contribution in [1.29, 1.82) is 0 Å². The monoisotopic (exact) mass is 280 g/mol. The van der Waals surface area contributed by atoms with Gasteiger partial charge in [-0.05, 0) is 37.9 Å². The van der Waals surface area contributed by atoms with Crippen LogP contribution in [0.2, 0.25) is 0 Å². The third-order valence-corrected chi connectivity index (χ3v) is 7.36. The van der Waals surface area contributed by atoms with E-state index >= 15 is 0 Å². The van der Waals surface area contributed by atoms with Crippen LogP contribution >= 0.6 is 24.0 Å². The fourth-order valence-corrected chi connectivity index (χ4v) is 6.67. The van der Waals surface area contributed by atoms with Crippen molar-refractivity contribution in [2.24, 2.45) is 7.05 Å². The van der Waals surface area contributed by atoms with Crippen LogP contribution in [0.25, 0.3) is 0 Å². The molecule has 0 bridgehead atoms. The molecule has 5 heteroatoms. The van der Waals surface area contributed by atoms with Gasteiger partial charge in [0.25, 0.3) is 5.56 Å². The van der Waals surface area contributed by atoms with Crippen molar-refractivity contribution in [2.75, 3.05) is 0 Å². The Morgan fingerprint density at radius 3 is 2.61 bits per heavy atom. The highest BCUT2D eigenvalue weighted by Crippen LogP contribution is 2.70. The van der Waals surface area contributed by atoms with Gasteiger partial charge in [-0.2, -0.15) is 0 Å². The largest absolute Gasteiger partial charge is 0.326 e. The quantitative estimate of drug-likeness (QED) is 0.586.